The summed E-state index contributed by atoms with van der Waals surface area (Å²) < 4.78 is 4.71. The molecular weight excluding hydrogens is 423 g/mol. The highest BCUT2D eigenvalue weighted by atomic mass is 127. The number of halogens is 1. The molecule has 1 rings (SSSR count). The average Bonchev–Trinajstić information content (AvgIpc) is 2.99. The van der Waals surface area contributed by atoms with E-state index in [-0.39, 0.29) is 53.7 Å². The molecule has 1 amide bonds. The van der Waals surface area contributed by atoms with Gasteiger partial charge < -0.3 is 20.3 Å². The number of likely N-dealkylation sites (tertiary alicyclic amines) is 1. The zero-order valence-corrected chi connectivity index (χ0v) is 17.6. The van der Waals surface area contributed by atoms with Gasteiger partial charge in [0.25, 0.3) is 0 Å². The predicted octanol–water partition coefficient (Wildman–Crippen LogP) is 1.23. The van der Waals surface area contributed by atoms with Crippen molar-refractivity contribution in [2.45, 2.75) is 40.2 Å². The number of ether oxygens (including phenoxy) is 1. The molecule has 0 aromatic carbocycles. The number of carbonyl (C=O) groups is 2. The summed E-state index contributed by atoms with van der Waals surface area (Å²) in [4.78, 5) is 29.8. The van der Waals surface area contributed by atoms with Crippen LogP contribution in [0.4, 0.5) is 0 Å². The molecule has 0 spiro atoms. The summed E-state index contributed by atoms with van der Waals surface area (Å²) in [6, 6.07) is 0.184. The molecule has 0 radical (unpaired) electrons. The Hall–Kier alpha value is -1.06. The van der Waals surface area contributed by atoms with Gasteiger partial charge >= 0.3 is 5.97 Å². The molecule has 0 aromatic rings. The Bertz CT molecular complexity index is 443. The summed E-state index contributed by atoms with van der Waals surface area (Å²) in [5, 5.41) is 6.52. The zero-order valence-electron chi connectivity index (χ0n) is 15.3. The molecule has 1 aliphatic heterocycles. The number of nitrogens with one attached hydrogen (secondary N) is 2. The molecule has 0 aliphatic carbocycles. The molecule has 8 heteroatoms. The minimum atomic E-state index is -0.280. The van der Waals surface area contributed by atoms with Crippen molar-refractivity contribution in [3.63, 3.8) is 0 Å². The van der Waals surface area contributed by atoms with Crippen molar-refractivity contribution in [1.82, 2.24) is 15.5 Å². The third-order valence-corrected chi connectivity index (χ3v) is 3.81. The Morgan fingerprint density at radius 2 is 2.00 bits per heavy atom. The van der Waals surface area contributed by atoms with Gasteiger partial charge in [-0.3, -0.25) is 14.6 Å². The summed E-state index contributed by atoms with van der Waals surface area (Å²) in [6.07, 6.45) is 0.898. The fourth-order valence-electron chi connectivity index (χ4n) is 2.46. The molecule has 2 atom stereocenters. The number of carbonyl (C=O) groups excluding carboxylic acids is 2. The monoisotopic (exact) mass is 454 g/mol. The van der Waals surface area contributed by atoms with Crippen LogP contribution in [0, 0.1) is 11.8 Å². The number of rotatable bonds is 6. The van der Waals surface area contributed by atoms with Crippen LogP contribution in [0.3, 0.4) is 0 Å². The lowest BCUT2D eigenvalue weighted by Gasteiger charge is -2.20. The Kier molecular flexibility index (Phi) is 11.0. The molecular formula is C16H31IN4O3. The molecule has 1 saturated heterocycles. The summed E-state index contributed by atoms with van der Waals surface area (Å²) in [7, 11) is 1.38. The lowest BCUT2D eigenvalue weighted by molar-refractivity contribution is -0.144. The highest BCUT2D eigenvalue weighted by Crippen LogP contribution is 2.12. The van der Waals surface area contributed by atoms with Crippen LogP contribution < -0.4 is 10.6 Å². The lowest BCUT2D eigenvalue weighted by atomic mass is 10.2. The Morgan fingerprint density at radius 3 is 2.54 bits per heavy atom. The number of amides is 1. The normalized spacial score (nSPS) is 18.8. The van der Waals surface area contributed by atoms with E-state index in [1.807, 2.05) is 25.7 Å². The SMILES string of the molecule is CCNC(=NCC(C)C(=O)OC)NC1CCN(C(=O)C(C)C)C1.I. The van der Waals surface area contributed by atoms with Crippen molar-refractivity contribution >= 4 is 41.8 Å². The first kappa shape index (κ1) is 22.9. The highest BCUT2D eigenvalue weighted by Gasteiger charge is 2.28. The van der Waals surface area contributed by atoms with Crippen LogP contribution in [0.2, 0.25) is 0 Å². The van der Waals surface area contributed by atoms with Crippen LogP contribution in [0.1, 0.15) is 34.1 Å². The van der Waals surface area contributed by atoms with Crippen LogP contribution in [0.15, 0.2) is 4.99 Å². The molecule has 0 bridgehead atoms. The van der Waals surface area contributed by atoms with Crippen LogP contribution in [0.25, 0.3) is 0 Å². The van der Waals surface area contributed by atoms with Gasteiger partial charge in [0.1, 0.15) is 0 Å². The topological polar surface area (TPSA) is 83.0 Å². The maximum atomic E-state index is 12.0. The molecule has 1 heterocycles. The fourth-order valence-corrected chi connectivity index (χ4v) is 2.46. The smallest absolute Gasteiger partial charge is 0.310 e. The van der Waals surface area contributed by atoms with E-state index in [1.165, 1.54) is 7.11 Å². The third-order valence-electron chi connectivity index (χ3n) is 3.81. The summed E-state index contributed by atoms with van der Waals surface area (Å²) >= 11 is 0. The second-order valence-electron chi connectivity index (χ2n) is 6.21. The van der Waals surface area contributed by atoms with Crippen LogP contribution >= 0.6 is 24.0 Å². The van der Waals surface area contributed by atoms with Crippen LogP contribution in [0.5, 0.6) is 0 Å². The van der Waals surface area contributed by atoms with E-state index >= 15 is 0 Å². The number of hydrogen-bond acceptors (Lipinski definition) is 4. The van der Waals surface area contributed by atoms with Gasteiger partial charge in [0.15, 0.2) is 5.96 Å². The van der Waals surface area contributed by atoms with Gasteiger partial charge in [0, 0.05) is 31.6 Å². The maximum absolute atomic E-state index is 12.0. The largest absolute Gasteiger partial charge is 0.469 e. The molecule has 2 unspecified atom stereocenters. The number of aliphatic imine (C=N–C) groups is 1. The number of methoxy groups -OCH3 is 1. The number of hydrogen-bond donors (Lipinski definition) is 2. The van der Waals surface area contributed by atoms with Gasteiger partial charge in [-0.1, -0.05) is 20.8 Å². The molecule has 140 valence electrons. The summed E-state index contributed by atoms with van der Waals surface area (Å²) in [6.45, 7) is 10.2. The standard InChI is InChI=1S/C16H30N4O3.HI/c1-6-17-16(18-9-12(4)15(22)23-5)19-13-7-8-20(10-13)14(21)11(2)3;/h11-13H,6-10H2,1-5H3,(H2,17,18,19);1H. The van der Waals surface area contributed by atoms with E-state index in [4.69, 9.17) is 4.74 Å². The minimum absolute atomic E-state index is 0. The van der Waals surface area contributed by atoms with Crippen molar-refractivity contribution in [2.24, 2.45) is 16.8 Å². The van der Waals surface area contributed by atoms with Gasteiger partial charge in [-0.15, -0.1) is 24.0 Å². The third kappa shape index (κ3) is 7.23. The first-order chi connectivity index (χ1) is 10.9. The van der Waals surface area contributed by atoms with Gasteiger partial charge in [0.2, 0.25) is 5.91 Å². The number of nitrogens with zero attached hydrogens (tertiary/aromatic N) is 2. The van der Waals surface area contributed by atoms with Gasteiger partial charge in [-0.2, -0.15) is 0 Å². The molecule has 24 heavy (non-hydrogen) atoms. The van der Waals surface area contributed by atoms with E-state index in [0.717, 1.165) is 19.5 Å². The molecule has 1 fully saturated rings. The summed E-state index contributed by atoms with van der Waals surface area (Å²) in [5.41, 5.74) is 0. The van der Waals surface area contributed by atoms with Crippen molar-refractivity contribution in [2.75, 3.05) is 33.3 Å². The second-order valence-corrected chi connectivity index (χ2v) is 6.21. The van der Waals surface area contributed by atoms with E-state index in [2.05, 4.69) is 15.6 Å². The molecule has 7 nitrogen and oxygen atoms in total. The van der Waals surface area contributed by atoms with Crippen molar-refractivity contribution < 1.29 is 14.3 Å². The zero-order chi connectivity index (χ0) is 17.4. The summed E-state index contributed by atoms with van der Waals surface area (Å²) in [5.74, 6) is 0.344. The van der Waals surface area contributed by atoms with Gasteiger partial charge in [-0.25, -0.2) is 0 Å². The van der Waals surface area contributed by atoms with Crippen molar-refractivity contribution in [1.29, 1.82) is 0 Å². The minimum Gasteiger partial charge on any atom is -0.469 e. The maximum Gasteiger partial charge on any atom is 0.310 e. The van der Waals surface area contributed by atoms with E-state index in [1.54, 1.807) is 6.92 Å². The quantitative estimate of drug-likeness (QED) is 0.273. The second kappa shape index (κ2) is 11.5. The predicted molar refractivity (Wildman–Crippen MR) is 106 cm³/mol. The number of esters is 1. The van der Waals surface area contributed by atoms with Crippen LogP contribution in [-0.2, 0) is 14.3 Å². The van der Waals surface area contributed by atoms with Crippen molar-refractivity contribution in [3.05, 3.63) is 0 Å². The van der Waals surface area contributed by atoms with E-state index in [9.17, 15) is 9.59 Å². The van der Waals surface area contributed by atoms with Crippen LogP contribution in [-0.4, -0.2) is 62.1 Å². The molecule has 2 N–H and O–H groups in total. The van der Waals surface area contributed by atoms with Gasteiger partial charge in [0.05, 0.1) is 19.6 Å². The molecule has 0 aromatic heterocycles. The fraction of sp³-hybridized carbons (Fsp3) is 0.812. The molecule has 0 saturated carbocycles. The van der Waals surface area contributed by atoms with Gasteiger partial charge in [-0.05, 0) is 13.3 Å². The Balaban J connectivity index is 0.00000529. The van der Waals surface area contributed by atoms with E-state index in [0.29, 0.717) is 19.0 Å². The Labute approximate surface area is 162 Å². The lowest BCUT2D eigenvalue weighted by Crippen LogP contribution is -2.45. The first-order valence-electron chi connectivity index (χ1n) is 8.30. The van der Waals surface area contributed by atoms with Crippen molar-refractivity contribution in [3.8, 4) is 0 Å². The first-order valence-corrected chi connectivity index (χ1v) is 8.30. The average molecular weight is 454 g/mol. The van der Waals surface area contributed by atoms with E-state index < -0.39 is 0 Å². The Morgan fingerprint density at radius 1 is 1.33 bits per heavy atom. The molecule has 1 aliphatic rings. The number of guanidine groups is 1. The highest BCUT2D eigenvalue weighted by molar-refractivity contribution is 14.0.